The van der Waals surface area contributed by atoms with Gasteiger partial charge in [-0.25, -0.2) is 4.98 Å². The molecule has 1 saturated heterocycles. The third-order valence-electron chi connectivity index (χ3n) is 6.27. The van der Waals surface area contributed by atoms with Gasteiger partial charge in [-0.3, -0.25) is 14.6 Å². The van der Waals surface area contributed by atoms with Gasteiger partial charge in [0, 0.05) is 30.6 Å². The second-order valence-corrected chi connectivity index (χ2v) is 9.55. The molecule has 3 heterocycles. The fourth-order valence-electron chi connectivity index (χ4n) is 4.52. The normalized spacial score (nSPS) is 15.8. The molecule has 0 bridgehead atoms. The van der Waals surface area contributed by atoms with E-state index in [1.165, 1.54) is 11.3 Å². The van der Waals surface area contributed by atoms with Gasteiger partial charge < -0.3 is 15.0 Å². The number of hydrogen-bond donors (Lipinski definition) is 2. The molecule has 5 rings (SSSR count). The number of carbonyl (C=O) groups is 1. The molecule has 1 atom stereocenters. The van der Waals surface area contributed by atoms with Gasteiger partial charge in [0.05, 0.1) is 18.0 Å². The molecule has 1 amide bonds. The number of carbonyl (C=O) groups excluding carboxylic acids is 1. The predicted molar refractivity (Wildman–Crippen MR) is 140 cm³/mol. The number of ether oxygens (including phenoxy) is 1. The Morgan fingerprint density at radius 2 is 2.09 bits per heavy atom. The standard InChI is InChI=1S/C27H28N4O3S/c1-2-34-21-12-6-8-18(14-21)15-28-25(32)20-11-7-13-31(16-20)27-29-23-22(19-9-4-3-5-10-19)17-35-24(23)26(33)30-27/h3-6,8-10,12,14,17,20H,2,7,11,13,15-16H2,1H3,(H,28,32)(H,29,30,33)/t20-/m1/s1. The summed E-state index contributed by atoms with van der Waals surface area (Å²) in [4.78, 5) is 35.6. The van der Waals surface area contributed by atoms with Crippen molar-refractivity contribution in [2.45, 2.75) is 26.3 Å². The first kappa shape index (κ1) is 23.1. The fourth-order valence-corrected chi connectivity index (χ4v) is 5.43. The number of H-pyrrole nitrogens is 1. The number of amides is 1. The average molecular weight is 489 g/mol. The lowest BCUT2D eigenvalue weighted by Gasteiger charge is -2.32. The van der Waals surface area contributed by atoms with Crippen LogP contribution >= 0.6 is 11.3 Å². The summed E-state index contributed by atoms with van der Waals surface area (Å²) in [5.74, 6) is 1.17. The van der Waals surface area contributed by atoms with Crippen molar-refractivity contribution in [2.75, 3.05) is 24.6 Å². The maximum absolute atomic E-state index is 13.0. The highest BCUT2D eigenvalue weighted by Crippen LogP contribution is 2.32. The summed E-state index contributed by atoms with van der Waals surface area (Å²) in [7, 11) is 0. The van der Waals surface area contributed by atoms with E-state index in [-0.39, 0.29) is 17.4 Å². The van der Waals surface area contributed by atoms with Gasteiger partial charge in [-0.15, -0.1) is 11.3 Å². The highest BCUT2D eigenvalue weighted by molar-refractivity contribution is 7.17. The molecule has 1 fully saturated rings. The van der Waals surface area contributed by atoms with Gasteiger partial charge in [0.1, 0.15) is 10.4 Å². The first-order chi connectivity index (χ1) is 17.1. The largest absolute Gasteiger partial charge is 0.494 e. The molecule has 0 unspecified atom stereocenters. The van der Waals surface area contributed by atoms with Crippen LogP contribution in [0.5, 0.6) is 5.75 Å². The SMILES string of the molecule is CCOc1cccc(CNC(=O)[C@@H]2CCCN(c3nc4c(-c5ccccc5)csc4c(=O)[nH]3)C2)c1. The minimum absolute atomic E-state index is 0.0143. The Morgan fingerprint density at radius 1 is 1.23 bits per heavy atom. The van der Waals surface area contributed by atoms with Gasteiger partial charge in [0.15, 0.2) is 0 Å². The number of piperidine rings is 1. The molecule has 1 aliphatic rings. The van der Waals surface area contributed by atoms with Gasteiger partial charge in [-0.2, -0.15) is 0 Å². The topological polar surface area (TPSA) is 87.3 Å². The van der Waals surface area contributed by atoms with Gasteiger partial charge in [-0.1, -0.05) is 42.5 Å². The number of fused-ring (bicyclic) bond motifs is 1. The molecule has 2 N–H and O–H groups in total. The van der Waals surface area contributed by atoms with E-state index in [1.54, 1.807) is 0 Å². The monoisotopic (exact) mass is 488 g/mol. The van der Waals surface area contributed by atoms with E-state index in [0.29, 0.717) is 35.9 Å². The molecule has 0 aliphatic carbocycles. The summed E-state index contributed by atoms with van der Waals surface area (Å²) in [6, 6.07) is 17.7. The van der Waals surface area contributed by atoms with Crippen molar-refractivity contribution in [3.63, 3.8) is 0 Å². The highest BCUT2D eigenvalue weighted by atomic mass is 32.1. The zero-order chi connectivity index (χ0) is 24.2. The minimum Gasteiger partial charge on any atom is -0.494 e. The molecule has 7 nitrogen and oxygen atoms in total. The van der Waals surface area contributed by atoms with E-state index in [1.807, 2.05) is 71.8 Å². The van der Waals surface area contributed by atoms with Crippen LogP contribution in [0.3, 0.4) is 0 Å². The quantitative estimate of drug-likeness (QED) is 0.398. The lowest BCUT2D eigenvalue weighted by Crippen LogP contribution is -2.44. The second kappa shape index (κ2) is 10.3. The number of aromatic amines is 1. The highest BCUT2D eigenvalue weighted by Gasteiger charge is 2.27. The molecule has 0 radical (unpaired) electrons. The Labute approximate surface area is 207 Å². The summed E-state index contributed by atoms with van der Waals surface area (Å²) < 4.78 is 6.17. The maximum atomic E-state index is 13.0. The number of hydrogen-bond acceptors (Lipinski definition) is 6. The Kier molecular flexibility index (Phi) is 6.81. The number of thiophene rings is 1. The van der Waals surface area contributed by atoms with Crippen molar-refractivity contribution in [3.8, 4) is 16.9 Å². The summed E-state index contributed by atoms with van der Waals surface area (Å²) in [6.07, 6.45) is 1.66. The maximum Gasteiger partial charge on any atom is 0.270 e. The Balaban J connectivity index is 1.31. The van der Waals surface area contributed by atoms with Crippen LogP contribution in [0.1, 0.15) is 25.3 Å². The first-order valence-electron chi connectivity index (χ1n) is 11.9. The van der Waals surface area contributed by atoms with E-state index in [0.717, 1.165) is 41.8 Å². The minimum atomic E-state index is -0.170. The van der Waals surface area contributed by atoms with Crippen molar-refractivity contribution in [1.82, 2.24) is 15.3 Å². The van der Waals surface area contributed by atoms with Crippen molar-refractivity contribution in [1.29, 1.82) is 0 Å². The molecule has 35 heavy (non-hydrogen) atoms. The van der Waals surface area contributed by atoms with Gasteiger partial charge >= 0.3 is 0 Å². The molecule has 8 heteroatoms. The van der Waals surface area contributed by atoms with Crippen LogP contribution in [-0.2, 0) is 11.3 Å². The molecular weight excluding hydrogens is 460 g/mol. The van der Waals surface area contributed by atoms with Gasteiger partial charge in [-0.05, 0) is 43.0 Å². The summed E-state index contributed by atoms with van der Waals surface area (Å²) in [5, 5.41) is 5.05. The van der Waals surface area contributed by atoms with Crippen LogP contribution in [0.25, 0.3) is 21.3 Å². The van der Waals surface area contributed by atoms with Crippen molar-refractivity contribution in [2.24, 2.45) is 5.92 Å². The molecule has 1 aliphatic heterocycles. The molecular formula is C27H28N4O3S. The van der Waals surface area contributed by atoms with E-state index in [9.17, 15) is 9.59 Å². The smallest absolute Gasteiger partial charge is 0.270 e. The van der Waals surface area contributed by atoms with E-state index >= 15 is 0 Å². The van der Waals surface area contributed by atoms with E-state index in [2.05, 4.69) is 10.3 Å². The fraction of sp³-hybridized carbons (Fsp3) is 0.296. The zero-order valence-corrected chi connectivity index (χ0v) is 20.4. The molecule has 180 valence electrons. The van der Waals surface area contributed by atoms with Crippen molar-refractivity contribution in [3.05, 3.63) is 75.9 Å². The second-order valence-electron chi connectivity index (χ2n) is 8.67. The number of nitrogens with one attached hydrogen (secondary N) is 2. The van der Waals surface area contributed by atoms with Crippen LogP contribution < -0.4 is 20.5 Å². The summed E-state index contributed by atoms with van der Waals surface area (Å²) >= 11 is 1.41. The number of nitrogens with zero attached hydrogens (tertiary/aromatic N) is 2. The molecule has 2 aromatic carbocycles. The van der Waals surface area contributed by atoms with E-state index < -0.39 is 0 Å². The zero-order valence-electron chi connectivity index (χ0n) is 19.6. The van der Waals surface area contributed by atoms with Crippen LogP contribution in [0.15, 0.2) is 64.8 Å². The Hall–Kier alpha value is -3.65. The van der Waals surface area contributed by atoms with Gasteiger partial charge in [0.25, 0.3) is 5.56 Å². The lowest BCUT2D eigenvalue weighted by molar-refractivity contribution is -0.125. The average Bonchev–Trinajstić information content (AvgIpc) is 3.33. The van der Waals surface area contributed by atoms with E-state index in [4.69, 9.17) is 9.72 Å². The lowest BCUT2D eigenvalue weighted by atomic mass is 9.97. The third-order valence-corrected chi connectivity index (χ3v) is 7.23. The van der Waals surface area contributed by atoms with Gasteiger partial charge in [0.2, 0.25) is 11.9 Å². The number of aromatic nitrogens is 2. The Morgan fingerprint density at radius 3 is 2.91 bits per heavy atom. The first-order valence-corrected chi connectivity index (χ1v) is 12.8. The molecule has 0 spiro atoms. The Bertz CT molecular complexity index is 1380. The number of anilines is 1. The molecule has 0 saturated carbocycles. The van der Waals surface area contributed by atoms with Crippen LogP contribution in [-0.4, -0.2) is 35.6 Å². The van der Waals surface area contributed by atoms with Crippen LogP contribution in [0.4, 0.5) is 5.95 Å². The van der Waals surface area contributed by atoms with Crippen molar-refractivity contribution >= 4 is 33.4 Å². The third kappa shape index (κ3) is 5.07. The summed E-state index contributed by atoms with van der Waals surface area (Å²) in [6.45, 7) is 4.27. The number of rotatable bonds is 7. The summed E-state index contributed by atoms with van der Waals surface area (Å²) in [5.41, 5.74) is 3.56. The predicted octanol–water partition coefficient (Wildman–Crippen LogP) is 4.58. The molecule has 2 aromatic heterocycles. The van der Waals surface area contributed by atoms with Crippen molar-refractivity contribution < 1.29 is 9.53 Å². The number of benzene rings is 2. The van der Waals surface area contributed by atoms with Crippen LogP contribution in [0, 0.1) is 5.92 Å². The van der Waals surface area contributed by atoms with Crippen LogP contribution in [0.2, 0.25) is 0 Å². The molecule has 4 aromatic rings.